The molecule has 68 heavy (non-hydrogen) atoms. The van der Waals surface area contributed by atoms with Gasteiger partial charge in [-0.25, -0.2) is 35.6 Å². The van der Waals surface area contributed by atoms with E-state index in [1.54, 1.807) is 10.8 Å². The zero-order chi connectivity index (χ0) is 48.9. The van der Waals surface area contributed by atoms with E-state index in [0.717, 1.165) is 137 Å². The normalized spacial score (nSPS) is 23.6. The van der Waals surface area contributed by atoms with Gasteiger partial charge in [-0.2, -0.15) is 0 Å². The summed E-state index contributed by atoms with van der Waals surface area (Å²) in [6, 6.07) is 4.09. The van der Waals surface area contributed by atoms with Crippen molar-refractivity contribution in [2.75, 3.05) is 74.4 Å². The largest absolute Gasteiger partial charge is 0.379 e. The Balaban J connectivity index is 0.000000201. The predicted octanol–water partition coefficient (Wildman–Crippen LogP) is 7.74. The van der Waals surface area contributed by atoms with Crippen LogP contribution >= 0.6 is 45.9 Å². The number of benzene rings is 2. The second kappa shape index (κ2) is 22.5. The van der Waals surface area contributed by atoms with Gasteiger partial charge in [0.1, 0.15) is 21.4 Å². The van der Waals surface area contributed by atoms with Gasteiger partial charge in [-0.1, -0.05) is 48.9 Å². The van der Waals surface area contributed by atoms with Gasteiger partial charge in [-0.3, -0.25) is 19.0 Å². The molecule has 2 amide bonds. The van der Waals surface area contributed by atoms with Crippen LogP contribution < -0.4 is 20.1 Å². The van der Waals surface area contributed by atoms with Crippen molar-refractivity contribution in [3.8, 4) is 0 Å². The number of thiazole rings is 2. The van der Waals surface area contributed by atoms with E-state index in [4.69, 9.17) is 23.2 Å². The molecule has 0 spiro atoms. The number of likely N-dealkylation sites (tertiary alicyclic amines) is 2. The van der Waals surface area contributed by atoms with Crippen LogP contribution in [0.5, 0.6) is 0 Å². The highest BCUT2D eigenvalue weighted by Gasteiger charge is 2.38. The molecule has 0 radical (unpaired) electrons. The van der Waals surface area contributed by atoms with Crippen molar-refractivity contribution in [3.63, 3.8) is 0 Å². The minimum absolute atomic E-state index is 0.00608. The molecule has 8 rings (SSSR count). The van der Waals surface area contributed by atoms with E-state index in [2.05, 4.69) is 39.8 Å². The highest BCUT2D eigenvalue weighted by Crippen LogP contribution is 2.36. The highest BCUT2D eigenvalue weighted by atomic mass is 35.5. The Morgan fingerprint density at radius 2 is 1.03 bits per heavy atom. The molecule has 2 aliphatic heterocycles. The van der Waals surface area contributed by atoms with Crippen molar-refractivity contribution < 1.29 is 35.2 Å². The van der Waals surface area contributed by atoms with Gasteiger partial charge in [0, 0.05) is 62.4 Å². The Hall–Kier alpha value is -3.90. The smallest absolute Gasteiger partial charge is 0.266 e. The zero-order valence-electron chi connectivity index (χ0n) is 38.3. The van der Waals surface area contributed by atoms with E-state index in [1.165, 1.54) is 12.4 Å². The number of carbonyl (C=O) groups excluding carboxylic acids is 2. The molecule has 4 heterocycles. The van der Waals surface area contributed by atoms with Crippen LogP contribution in [0.25, 0.3) is 0 Å². The van der Waals surface area contributed by atoms with Crippen molar-refractivity contribution in [2.45, 2.75) is 98.2 Å². The molecule has 2 aromatic carbocycles. The summed E-state index contributed by atoms with van der Waals surface area (Å²) >= 11 is 15.0. The molecule has 24 heteroatoms. The summed E-state index contributed by atoms with van der Waals surface area (Å²) in [4.78, 5) is 40.8. The summed E-state index contributed by atoms with van der Waals surface area (Å²) in [6.45, 7) is 3.35. The molecule has 4 aromatic rings. The van der Waals surface area contributed by atoms with Crippen LogP contribution in [-0.4, -0.2) is 137 Å². The maximum absolute atomic E-state index is 14.9. The monoisotopic (exact) mass is 1060 g/mol. The van der Waals surface area contributed by atoms with Crippen LogP contribution in [0, 0.1) is 23.5 Å². The van der Waals surface area contributed by atoms with Crippen LogP contribution in [-0.2, 0) is 29.6 Å². The van der Waals surface area contributed by atoms with E-state index >= 15 is 0 Å². The first-order valence-electron chi connectivity index (χ1n) is 22.6. The Bertz CT molecular complexity index is 2440. The summed E-state index contributed by atoms with van der Waals surface area (Å²) in [5.74, 6) is -1.57. The molecular formula is C44H58Cl2F2N10O6S4. The average molecular weight is 1060 g/mol. The molecule has 0 unspecified atom stereocenters. The Morgan fingerprint density at radius 1 is 0.647 bits per heavy atom. The highest BCUT2D eigenvalue weighted by molar-refractivity contribution is 7.93. The van der Waals surface area contributed by atoms with Gasteiger partial charge in [0.25, 0.3) is 20.0 Å². The molecule has 2 saturated heterocycles. The first-order valence-corrected chi connectivity index (χ1v) is 28.1. The third-order valence-corrected chi connectivity index (χ3v) is 18.2. The van der Waals surface area contributed by atoms with Gasteiger partial charge < -0.3 is 30.2 Å². The van der Waals surface area contributed by atoms with Crippen LogP contribution in [0.2, 0.25) is 10.0 Å². The molecule has 16 nitrogen and oxygen atoms in total. The minimum Gasteiger partial charge on any atom is -0.379 e. The SMILES string of the molecule is CN1CC[C@@H](C(=O)N(C)[C@H]2CCCC[C@@H]2Nc2cc(F)c(S(=O)(=O)Nc3nccs3)cc2Cl)C1.CN1CC[C@H](C(=O)N(C)[C@H]2CCCC[C@@H]2Nc2cc(F)c(S(=O)(=O)Nc3nccs3)cc2Cl)C1. The zero-order valence-corrected chi connectivity index (χ0v) is 43.0. The first kappa shape index (κ1) is 51.9. The lowest BCUT2D eigenvalue weighted by atomic mass is 9.88. The lowest BCUT2D eigenvalue weighted by Crippen LogP contribution is -2.51. The minimum atomic E-state index is -4.18. The van der Waals surface area contributed by atoms with Gasteiger partial charge in [-0.05, 0) is 90.0 Å². The molecule has 2 aromatic heterocycles. The van der Waals surface area contributed by atoms with Crippen molar-refractivity contribution in [1.29, 1.82) is 0 Å². The number of nitrogens with zero attached hydrogens (tertiary/aromatic N) is 6. The second-order valence-electron chi connectivity index (χ2n) is 18.0. The Morgan fingerprint density at radius 3 is 1.37 bits per heavy atom. The maximum Gasteiger partial charge on any atom is 0.266 e. The molecule has 4 fully saturated rings. The number of carbonyl (C=O) groups is 2. The van der Waals surface area contributed by atoms with Gasteiger partial charge in [0.05, 0.1) is 45.3 Å². The average Bonchev–Trinajstić information content (AvgIpc) is 4.16. The van der Waals surface area contributed by atoms with E-state index in [1.807, 2.05) is 38.0 Å². The number of halogens is 4. The quantitative estimate of drug-likeness (QED) is 0.0964. The lowest BCUT2D eigenvalue weighted by Gasteiger charge is -2.40. The number of hydrogen-bond acceptors (Lipinski definition) is 14. The summed E-state index contributed by atoms with van der Waals surface area (Å²) in [5, 5.41) is 10.3. The number of nitrogens with one attached hydrogen (secondary N) is 4. The lowest BCUT2D eigenvalue weighted by molar-refractivity contribution is -0.137. The molecule has 2 aliphatic carbocycles. The van der Waals surface area contributed by atoms with Gasteiger partial charge in [0.2, 0.25) is 11.8 Å². The van der Waals surface area contributed by atoms with Crippen LogP contribution in [0.3, 0.4) is 0 Å². The summed E-state index contributed by atoms with van der Waals surface area (Å²) in [6.07, 6.45) is 11.9. The number of hydrogen-bond donors (Lipinski definition) is 4. The fourth-order valence-electron chi connectivity index (χ4n) is 9.64. The molecule has 4 N–H and O–H groups in total. The van der Waals surface area contributed by atoms with Crippen LogP contribution in [0.15, 0.2) is 57.2 Å². The molecule has 372 valence electrons. The van der Waals surface area contributed by atoms with E-state index in [-0.39, 0.29) is 68.1 Å². The summed E-state index contributed by atoms with van der Waals surface area (Å²) < 4.78 is 84.9. The third kappa shape index (κ3) is 12.5. The van der Waals surface area contributed by atoms with Gasteiger partial charge >= 0.3 is 0 Å². The van der Waals surface area contributed by atoms with Crippen molar-refractivity contribution in [3.05, 3.63) is 69.1 Å². The fourth-order valence-corrected chi connectivity index (χ4v) is 14.0. The fraction of sp³-hybridized carbons (Fsp3) is 0.545. The number of aromatic nitrogens is 2. The van der Waals surface area contributed by atoms with Crippen LogP contribution in [0.1, 0.15) is 64.2 Å². The topological polar surface area (TPSA) is 189 Å². The number of likely N-dealkylation sites (N-methyl/N-ethyl adjacent to an activating group) is 2. The first-order chi connectivity index (χ1) is 32.3. The van der Waals surface area contributed by atoms with Crippen LogP contribution in [0.4, 0.5) is 30.4 Å². The molecule has 2 saturated carbocycles. The predicted molar refractivity (Wildman–Crippen MR) is 265 cm³/mol. The third-order valence-electron chi connectivity index (χ3n) is 13.2. The van der Waals surface area contributed by atoms with Crippen molar-refractivity contribution >= 4 is 99.4 Å². The number of amides is 2. The molecule has 6 atom stereocenters. The molecule has 0 bridgehead atoms. The maximum atomic E-state index is 14.9. The van der Waals surface area contributed by atoms with E-state index < -0.39 is 41.5 Å². The van der Waals surface area contributed by atoms with E-state index in [0.29, 0.717) is 11.4 Å². The number of sulfonamides is 2. The standard InChI is InChI=1S/2C22H29ClFN5O3S2/c2*1-28-9-7-14(13-28)21(30)29(2)19-6-4-3-5-17(19)26-18-12-16(24)20(11-15(18)23)34(31,32)27-22-25-8-10-33-22/h2*8,10-12,14,17,19,26H,3-7,9,13H2,1-2H3,(H,25,27)/t14-,17+,19+;14-,17-,19-/m10/s1. The van der Waals surface area contributed by atoms with Crippen molar-refractivity contribution in [1.82, 2.24) is 29.6 Å². The Kier molecular flexibility index (Phi) is 17.2. The Labute approximate surface area is 415 Å². The number of rotatable bonds is 14. The second-order valence-corrected chi connectivity index (χ2v) is 23.9. The van der Waals surface area contributed by atoms with Crippen molar-refractivity contribution in [2.24, 2.45) is 11.8 Å². The number of anilines is 4. The summed E-state index contributed by atoms with van der Waals surface area (Å²) in [5.41, 5.74) is 0.622. The molecular weight excluding hydrogens is 1000 g/mol. The van der Waals surface area contributed by atoms with E-state index in [9.17, 15) is 35.2 Å². The van der Waals surface area contributed by atoms with Gasteiger partial charge in [0.15, 0.2) is 10.3 Å². The summed E-state index contributed by atoms with van der Waals surface area (Å²) in [7, 11) is -0.644. The van der Waals surface area contributed by atoms with Gasteiger partial charge in [-0.15, -0.1) is 22.7 Å². The molecule has 4 aliphatic rings.